The number of rotatable bonds is 9. The maximum atomic E-state index is 13.7. The van der Waals surface area contributed by atoms with E-state index in [1.807, 2.05) is 6.92 Å². The van der Waals surface area contributed by atoms with E-state index in [2.05, 4.69) is 0 Å². The van der Waals surface area contributed by atoms with Crippen LogP contribution in [-0.2, 0) is 9.59 Å². The van der Waals surface area contributed by atoms with Crippen molar-refractivity contribution < 1.29 is 33.8 Å². The molecule has 5 rings (SSSR count). The van der Waals surface area contributed by atoms with Crippen LogP contribution >= 0.6 is 0 Å². The van der Waals surface area contributed by atoms with Crippen molar-refractivity contribution in [2.75, 3.05) is 6.54 Å². The van der Waals surface area contributed by atoms with Crippen LogP contribution in [0.5, 0.6) is 11.5 Å². The van der Waals surface area contributed by atoms with Gasteiger partial charge in [-0.25, -0.2) is 5.01 Å². The fourth-order valence-corrected chi connectivity index (χ4v) is 5.43. The minimum Gasteiger partial charge on any atom is -0.457 e. The van der Waals surface area contributed by atoms with Gasteiger partial charge in [0, 0.05) is 35.4 Å². The van der Waals surface area contributed by atoms with Crippen LogP contribution in [0.4, 0.5) is 11.4 Å². The van der Waals surface area contributed by atoms with Gasteiger partial charge in [0.1, 0.15) is 18.0 Å². The normalized spacial score (nSPS) is 19.5. The lowest BCUT2D eigenvalue weighted by atomic mass is 9.76. The highest BCUT2D eigenvalue weighted by atomic mass is 16.6. The molecule has 0 aromatic heterocycles. The Balaban J connectivity index is 1.38. The van der Waals surface area contributed by atoms with E-state index in [9.17, 15) is 39.4 Å². The second-order valence-electron chi connectivity index (χ2n) is 10.6. The molecule has 43 heavy (non-hydrogen) atoms. The number of nitro benzene ring substituents is 2. The largest absolute Gasteiger partial charge is 0.457 e. The van der Waals surface area contributed by atoms with Crippen molar-refractivity contribution in [1.82, 2.24) is 10.0 Å². The molecule has 3 aromatic carbocycles. The number of hydrogen-bond acceptors (Lipinski definition) is 9. The fourth-order valence-electron chi connectivity index (χ4n) is 5.43. The minimum absolute atomic E-state index is 0.0333. The predicted octanol–water partition coefficient (Wildman–Crippen LogP) is 4.96. The van der Waals surface area contributed by atoms with Gasteiger partial charge < -0.3 is 4.74 Å². The second-order valence-corrected chi connectivity index (χ2v) is 10.6. The molecule has 0 bridgehead atoms. The molecule has 0 N–H and O–H groups in total. The van der Waals surface area contributed by atoms with Gasteiger partial charge >= 0.3 is 0 Å². The molecule has 2 fully saturated rings. The summed E-state index contributed by atoms with van der Waals surface area (Å²) in [7, 11) is 0. The van der Waals surface area contributed by atoms with E-state index < -0.39 is 51.7 Å². The summed E-state index contributed by atoms with van der Waals surface area (Å²) in [5.74, 6) is -2.75. The first kappa shape index (κ1) is 29.0. The number of imide groups is 1. The van der Waals surface area contributed by atoms with Crippen molar-refractivity contribution in [2.45, 2.75) is 26.2 Å². The van der Waals surface area contributed by atoms with Crippen LogP contribution < -0.4 is 4.74 Å². The zero-order valence-electron chi connectivity index (χ0n) is 23.0. The summed E-state index contributed by atoms with van der Waals surface area (Å²) < 4.78 is 5.68. The maximum Gasteiger partial charge on any atom is 0.273 e. The van der Waals surface area contributed by atoms with Crippen LogP contribution in [-0.4, -0.2) is 49.9 Å². The number of nitrogens with zero attached hydrogens (tertiary/aromatic N) is 4. The van der Waals surface area contributed by atoms with Gasteiger partial charge in [-0.05, 0) is 73.7 Å². The van der Waals surface area contributed by atoms with Crippen LogP contribution in [0.15, 0.2) is 72.8 Å². The third-order valence-electron chi connectivity index (χ3n) is 7.72. The van der Waals surface area contributed by atoms with Crippen molar-refractivity contribution >= 4 is 34.9 Å². The highest BCUT2D eigenvalue weighted by Crippen LogP contribution is 2.41. The third kappa shape index (κ3) is 5.96. The molecule has 2 aliphatic rings. The second kappa shape index (κ2) is 11.8. The van der Waals surface area contributed by atoms with Gasteiger partial charge in [-0.2, -0.15) is 5.01 Å². The van der Waals surface area contributed by atoms with Crippen LogP contribution in [0.2, 0.25) is 0 Å². The van der Waals surface area contributed by atoms with E-state index in [1.54, 1.807) is 0 Å². The van der Waals surface area contributed by atoms with Crippen molar-refractivity contribution in [2.24, 2.45) is 17.8 Å². The zero-order valence-corrected chi connectivity index (χ0v) is 23.0. The van der Waals surface area contributed by atoms with Gasteiger partial charge in [0.2, 0.25) is 0 Å². The van der Waals surface area contributed by atoms with Gasteiger partial charge in [0.25, 0.3) is 29.1 Å². The zero-order chi connectivity index (χ0) is 30.8. The first-order valence-electron chi connectivity index (χ1n) is 13.5. The Morgan fingerprint density at radius 1 is 0.791 bits per heavy atom. The van der Waals surface area contributed by atoms with E-state index in [0.29, 0.717) is 24.3 Å². The van der Waals surface area contributed by atoms with Gasteiger partial charge in [0.05, 0.1) is 21.7 Å². The van der Waals surface area contributed by atoms with E-state index in [0.717, 1.165) is 28.6 Å². The van der Waals surface area contributed by atoms with Gasteiger partial charge in [0.15, 0.2) is 5.78 Å². The summed E-state index contributed by atoms with van der Waals surface area (Å²) in [6.07, 6.45) is 1.75. The summed E-state index contributed by atoms with van der Waals surface area (Å²) in [6, 6.07) is 16.0. The first-order chi connectivity index (χ1) is 20.5. The number of ether oxygens (including phenoxy) is 1. The van der Waals surface area contributed by atoms with E-state index in [4.69, 9.17) is 4.74 Å². The molecule has 1 aliphatic carbocycles. The number of non-ortho nitro benzene ring substituents is 2. The summed E-state index contributed by atoms with van der Waals surface area (Å²) in [4.78, 5) is 74.7. The summed E-state index contributed by atoms with van der Waals surface area (Å²) >= 11 is 0. The smallest absolute Gasteiger partial charge is 0.273 e. The van der Waals surface area contributed by atoms with E-state index >= 15 is 0 Å². The average molecular weight is 587 g/mol. The van der Waals surface area contributed by atoms with E-state index in [1.165, 1.54) is 60.7 Å². The van der Waals surface area contributed by atoms with Crippen molar-refractivity contribution in [3.8, 4) is 11.5 Å². The predicted molar refractivity (Wildman–Crippen MR) is 150 cm³/mol. The molecule has 1 heterocycles. The average Bonchev–Trinajstić information content (AvgIpc) is 3.24. The van der Waals surface area contributed by atoms with Gasteiger partial charge in [-0.3, -0.25) is 39.4 Å². The number of ketones is 1. The SMILES string of the molecule is C[C@@H]1CC[C@@H]2C(=O)N(N(CC(=O)c3ccc(Oc4ccc([N+](=O)[O-])cc4)cc3)C(=O)c3ccc([N+](=O)[O-])cc3)C(=O)[C@H]2C1. The number of fused-ring (bicyclic) bond motifs is 1. The summed E-state index contributed by atoms with van der Waals surface area (Å²) in [6.45, 7) is 1.36. The summed E-state index contributed by atoms with van der Waals surface area (Å²) in [5.41, 5.74) is -0.204. The standard InChI is InChI=1S/C30H26N4O9/c1-18-2-15-25-26(16-18)30(38)32(29(25)37)31(28(36)20-3-7-21(8-4-20)33(39)40)17-27(35)19-5-11-23(12-6-19)43-24-13-9-22(10-14-24)34(41)42/h3-14,18,25-26H,2,15-17H2,1H3/t18-,25+,26+/m1/s1. The summed E-state index contributed by atoms with van der Waals surface area (Å²) in [5, 5.41) is 23.5. The molecule has 1 aliphatic heterocycles. The van der Waals surface area contributed by atoms with Crippen LogP contribution in [0.1, 0.15) is 46.9 Å². The quantitative estimate of drug-likeness (QED) is 0.145. The molecule has 3 amide bonds. The Kier molecular flexibility index (Phi) is 7.97. The Morgan fingerprint density at radius 3 is 1.84 bits per heavy atom. The van der Waals surface area contributed by atoms with Crippen molar-refractivity contribution in [3.05, 3.63) is 104 Å². The third-order valence-corrected chi connectivity index (χ3v) is 7.72. The highest BCUT2D eigenvalue weighted by Gasteiger charge is 2.52. The molecule has 13 heteroatoms. The van der Waals surface area contributed by atoms with Crippen LogP contribution in [0.3, 0.4) is 0 Å². The minimum atomic E-state index is -0.824. The van der Waals surface area contributed by atoms with Crippen LogP contribution in [0, 0.1) is 38.0 Å². The monoisotopic (exact) mass is 586 g/mol. The fraction of sp³-hybridized carbons (Fsp3) is 0.267. The van der Waals surface area contributed by atoms with Crippen LogP contribution in [0.25, 0.3) is 0 Å². The Bertz CT molecular complexity index is 1600. The van der Waals surface area contributed by atoms with Gasteiger partial charge in [-0.15, -0.1) is 0 Å². The molecular formula is C30H26N4O9. The molecule has 0 unspecified atom stereocenters. The first-order valence-corrected chi connectivity index (χ1v) is 13.5. The molecule has 220 valence electrons. The maximum absolute atomic E-state index is 13.7. The number of benzene rings is 3. The highest BCUT2D eigenvalue weighted by molar-refractivity contribution is 6.09. The molecule has 0 radical (unpaired) electrons. The van der Waals surface area contributed by atoms with E-state index in [-0.39, 0.29) is 28.4 Å². The number of carbonyl (C=O) groups is 4. The lowest BCUT2D eigenvalue weighted by Gasteiger charge is -2.30. The molecule has 1 saturated carbocycles. The lowest BCUT2D eigenvalue weighted by Crippen LogP contribution is -2.52. The molecule has 1 saturated heterocycles. The lowest BCUT2D eigenvalue weighted by molar-refractivity contribution is -0.385. The molecule has 13 nitrogen and oxygen atoms in total. The number of hydrazine groups is 1. The number of amides is 3. The molecular weight excluding hydrogens is 560 g/mol. The molecule has 3 aromatic rings. The Morgan fingerprint density at radius 2 is 1.28 bits per heavy atom. The number of Topliss-reactive ketones (excluding diaryl/α,β-unsaturated/α-hetero) is 1. The Hall–Kier alpha value is -5.46. The topological polar surface area (TPSA) is 170 Å². The number of hydrogen-bond donors (Lipinski definition) is 0. The number of carbonyl (C=O) groups excluding carboxylic acids is 4. The Labute approximate surface area is 244 Å². The van der Waals surface area contributed by atoms with Crippen molar-refractivity contribution in [3.63, 3.8) is 0 Å². The van der Waals surface area contributed by atoms with Gasteiger partial charge in [-0.1, -0.05) is 6.92 Å². The molecule has 0 spiro atoms. The number of nitro groups is 2. The molecule has 3 atom stereocenters. The van der Waals surface area contributed by atoms with Crippen molar-refractivity contribution in [1.29, 1.82) is 0 Å².